The van der Waals surface area contributed by atoms with Crippen LogP contribution in [-0.4, -0.2) is 30.2 Å². The Balaban J connectivity index is 1.49. The SMILES string of the molecule is COCCn1cc(C(=O)NC2CCC3CCCCC3C2)c2ccccc21. The van der Waals surface area contributed by atoms with Crippen molar-refractivity contribution in [2.45, 2.75) is 57.5 Å². The lowest BCUT2D eigenvalue weighted by atomic mass is 9.69. The lowest BCUT2D eigenvalue weighted by Gasteiger charge is -2.39. The molecular formula is C22H30N2O2. The van der Waals surface area contributed by atoms with Gasteiger partial charge in [0.05, 0.1) is 12.2 Å². The minimum absolute atomic E-state index is 0.0802. The average molecular weight is 354 g/mol. The van der Waals surface area contributed by atoms with Crippen LogP contribution in [0.4, 0.5) is 0 Å². The van der Waals surface area contributed by atoms with Crippen LogP contribution in [0, 0.1) is 11.8 Å². The summed E-state index contributed by atoms with van der Waals surface area (Å²) in [5.41, 5.74) is 1.90. The molecule has 4 rings (SSSR count). The van der Waals surface area contributed by atoms with Crippen LogP contribution in [0.25, 0.3) is 10.9 Å². The van der Waals surface area contributed by atoms with Gasteiger partial charge in [-0.15, -0.1) is 0 Å². The fourth-order valence-electron chi connectivity index (χ4n) is 5.07. The van der Waals surface area contributed by atoms with Crippen LogP contribution in [-0.2, 0) is 11.3 Å². The van der Waals surface area contributed by atoms with Gasteiger partial charge < -0.3 is 14.6 Å². The number of aromatic nitrogens is 1. The van der Waals surface area contributed by atoms with Crippen molar-refractivity contribution in [3.63, 3.8) is 0 Å². The molecule has 2 aliphatic rings. The molecule has 1 aromatic carbocycles. The van der Waals surface area contributed by atoms with E-state index in [1.54, 1.807) is 7.11 Å². The molecule has 2 aromatic rings. The van der Waals surface area contributed by atoms with E-state index in [0.29, 0.717) is 12.6 Å². The number of para-hydroxylation sites is 1. The molecule has 0 radical (unpaired) electrons. The Kier molecular flexibility index (Phi) is 5.30. The lowest BCUT2D eigenvalue weighted by molar-refractivity contribution is 0.0880. The van der Waals surface area contributed by atoms with Gasteiger partial charge in [-0.1, -0.05) is 43.9 Å². The number of carbonyl (C=O) groups excluding carboxylic acids is 1. The van der Waals surface area contributed by atoms with E-state index in [1.807, 2.05) is 24.4 Å². The molecule has 0 spiro atoms. The Hall–Kier alpha value is -1.81. The Bertz CT molecular complexity index is 767. The number of nitrogens with zero attached hydrogens (tertiary/aromatic N) is 1. The zero-order chi connectivity index (χ0) is 17.9. The number of fused-ring (bicyclic) bond motifs is 2. The molecule has 2 fully saturated rings. The van der Waals surface area contributed by atoms with E-state index in [1.165, 1.54) is 38.5 Å². The molecule has 26 heavy (non-hydrogen) atoms. The third-order valence-corrected chi connectivity index (χ3v) is 6.44. The Labute approximate surface area is 155 Å². The summed E-state index contributed by atoms with van der Waals surface area (Å²) in [7, 11) is 1.71. The van der Waals surface area contributed by atoms with Crippen LogP contribution in [0.2, 0.25) is 0 Å². The molecule has 140 valence electrons. The first kappa shape index (κ1) is 17.6. The van der Waals surface area contributed by atoms with Gasteiger partial charge in [0, 0.05) is 36.8 Å². The van der Waals surface area contributed by atoms with E-state index in [4.69, 9.17) is 4.74 Å². The van der Waals surface area contributed by atoms with Crippen LogP contribution in [0.5, 0.6) is 0 Å². The number of rotatable bonds is 5. The number of amides is 1. The van der Waals surface area contributed by atoms with Crippen molar-refractivity contribution < 1.29 is 9.53 Å². The third kappa shape index (κ3) is 3.52. The van der Waals surface area contributed by atoms with E-state index in [9.17, 15) is 4.79 Å². The second-order valence-electron chi connectivity index (χ2n) is 8.03. The van der Waals surface area contributed by atoms with Crippen LogP contribution < -0.4 is 5.32 Å². The number of nitrogens with one attached hydrogen (secondary N) is 1. The van der Waals surface area contributed by atoms with Crippen LogP contribution in [0.1, 0.15) is 55.3 Å². The molecule has 1 N–H and O–H groups in total. The highest BCUT2D eigenvalue weighted by molar-refractivity contribution is 6.07. The molecule has 4 heteroatoms. The van der Waals surface area contributed by atoms with E-state index < -0.39 is 0 Å². The van der Waals surface area contributed by atoms with E-state index >= 15 is 0 Å². The molecule has 1 heterocycles. The summed E-state index contributed by atoms with van der Waals surface area (Å²) in [4.78, 5) is 13.0. The third-order valence-electron chi connectivity index (χ3n) is 6.44. The van der Waals surface area contributed by atoms with Gasteiger partial charge in [0.2, 0.25) is 0 Å². The summed E-state index contributed by atoms with van der Waals surface area (Å²) in [5.74, 6) is 1.82. The predicted octanol–water partition coefficient (Wildman–Crippen LogP) is 4.38. The van der Waals surface area contributed by atoms with Gasteiger partial charge >= 0.3 is 0 Å². The number of methoxy groups -OCH3 is 1. The Morgan fingerprint density at radius 2 is 1.96 bits per heavy atom. The summed E-state index contributed by atoms with van der Waals surface area (Å²) in [5, 5.41) is 4.38. The maximum Gasteiger partial charge on any atom is 0.253 e. The Morgan fingerprint density at radius 3 is 2.81 bits per heavy atom. The Morgan fingerprint density at radius 1 is 1.15 bits per heavy atom. The summed E-state index contributed by atoms with van der Waals surface area (Å²) in [6.45, 7) is 1.41. The van der Waals surface area contributed by atoms with Crippen molar-refractivity contribution in [1.29, 1.82) is 0 Å². The molecule has 2 saturated carbocycles. The summed E-state index contributed by atoms with van der Waals surface area (Å²) in [6.07, 6.45) is 11.1. The first-order valence-electron chi connectivity index (χ1n) is 10.1. The molecule has 2 aliphatic carbocycles. The fraction of sp³-hybridized carbons (Fsp3) is 0.591. The topological polar surface area (TPSA) is 43.3 Å². The van der Waals surface area contributed by atoms with Crippen LogP contribution >= 0.6 is 0 Å². The summed E-state index contributed by atoms with van der Waals surface area (Å²) in [6, 6.07) is 8.49. The monoisotopic (exact) mass is 354 g/mol. The maximum atomic E-state index is 13.0. The van der Waals surface area contributed by atoms with Crippen molar-refractivity contribution >= 4 is 16.8 Å². The summed E-state index contributed by atoms with van der Waals surface area (Å²) < 4.78 is 7.35. The highest BCUT2D eigenvalue weighted by Gasteiger charge is 2.33. The second-order valence-corrected chi connectivity index (χ2v) is 8.03. The lowest BCUT2D eigenvalue weighted by Crippen LogP contribution is -2.41. The standard InChI is InChI=1S/C22H30N2O2/c1-26-13-12-24-15-20(19-8-4-5-9-21(19)24)22(25)23-18-11-10-16-6-2-3-7-17(16)14-18/h4-5,8-9,15-18H,2-3,6-7,10-14H2,1H3,(H,23,25). The van der Waals surface area contributed by atoms with Gasteiger partial charge in [0.25, 0.3) is 5.91 Å². The van der Waals surface area contributed by atoms with Crippen LogP contribution in [0.3, 0.4) is 0 Å². The molecule has 3 atom stereocenters. The molecule has 4 nitrogen and oxygen atoms in total. The number of carbonyl (C=O) groups is 1. The van der Waals surface area contributed by atoms with E-state index in [2.05, 4.69) is 16.0 Å². The first-order valence-corrected chi connectivity index (χ1v) is 10.1. The highest BCUT2D eigenvalue weighted by Crippen LogP contribution is 2.40. The van der Waals surface area contributed by atoms with Crippen molar-refractivity contribution in [1.82, 2.24) is 9.88 Å². The first-order chi connectivity index (χ1) is 12.8. The van der Waals surface area contributed by atoms with Gasteiger partial charge in [0.1, 0.15) is 0 Å². The molecule has 0 saturated heterocycles. The van der Waals surface area contributed by atoms with Crippen molar-refractivity contribution in [2.75, 3.05) is 13.7 Å². The molecule has 3 unspecified atom stereocenters. The average Bonchev–Trinajstić information content (AvgIpc) is 3.05. The quantitative estimate of drug-likeness (QED) is 0.866. The molecule has 1 amide bonds. The van der Waals surface area contributed by atoms with E-state index in [0.717, 1.165) is 41.3 Å². The molecule has 0 aliphatic heterocycles. The zero-order valence-corrected chi connectivity index (χ0v) is 15.7. The van der Waals surface area contributed by atoms with Crippen LogP contribution in [0.15, 0.2) is 30.5 Å². The number of benzene rings is 1. The van der Waals surface area contributed by atoms with Gasteiger partial charge in [-0.25, -0.2) is 0 Å². The normalized spacial score (nSPS) is 25.8. The van der Waals surface area contributed by atoms with Crippen molar-refractivity contribution in [2.24, 2.45) is 11.8 Å². The largest absolute Gasteiger partial charge is 0.383 e. The van der Waals surface area contributed by atoms with Crippen molar-refractivity contribution in [3.8, 4) is 0 Å². The number of ether oxygens (including phenoxy) is 1. The minimum atomic E-state index is 0.0802. The maximum absolute atomic E-state index is 13.0. The van der Waals surface area contributed by atoms with E-state index in [-0.39, 0.29) is 5.91 Å². The highest BCUT2D eigenvalue weighted by atomic mass is 16.5. The molecule has 0 bridgehead atoms. The van der Waals surface area contributed by atoms with Gasteiger partial charge in [0.15, 0.2) is 0 Å². The molecular weight excluding hydrogens is 324 g/mol. The van der Waals surface area contributed by atoms with Crippen molar-refractivity contribution in [3.05, 3.63) is 36.0 Å². The minimum Gasteiger partial charge on any atom is -0.383 e. The number of hydrogen-bond acceptors (Lipinski definition) is 2. The fourth-order valence-corrected chi connectivity index (χ4v) is 5.07. The second kappa shape index (κ2) is 7.83. The predicted molar refractivity (Wildman–Crippen MR) is 104 cm³/mol. The summed E-state index contributed by atoms with van der Waals surface area (Å²) >= 11 is 0. The zero-order valence-electron chi connectivity index (χ0n) is 15.7. The van der Waals surface area contributed by atoms with Gasteiger partial charge in [-0.2, -0.15) is 0 Å². The van der Waals surface area contributed by atoms with Gasteiger partial charge in [-0.3, -0.25) is 4.79 Å². The number of hydrogen-bond donors (Lipinski definition) is 1. The van der Waals surface area contributed by atoms with Gasteiger partial charge in [-0.05, 0) is 37.2 Å². The molecule has 1 aromatic heterocycles. The smallest absolute Gasteiger partial charge is 0.253 e.